The van der Waals surface area contributed by atoms with E-state index < -0.39 is 0 Å². The molecule has 0 unspecified atom stereocenters. The third-order valence-electron chi connectivity index (χ3n) is 2.03. The molecule has 0 N–H and O–H groups in total. The van der Waals surface area contributed by atoms with Gasteiger partial charge in [0.05, 0.1) is 0 Å². The second kappa shape index (κ2) is 2.91. The standard InChI is InChI=1S/C11H13/c1-5-11-7-9(3)8(2)6-10(11)4/h6-7H,1H2,2-4H3. The second-order valence-corrected chi connectivity index (χ2v) is 2.93. The van der Waals surface area contributed by atoms with Crippen LogP contribution in [0.1, 0.15) is 22.3 Å². The van der Waals surface area contributed by atoms with Gasteiger partial charge in [-0.25, -0.2) is 0 Å². The normalized spacial score (nSPS) is 9.73. The van der Waals surface area contributed by atoms with Crippen LogP contribution >= 0.6 is 0 Å². The molecule has 1 rings (SSSR count). The van der Waals surface area contributed by atoms with Crippen LogP contribution in [0.5, 0.6) is 0 Å². The van der Waals surface area contributed by atoms with E-state index >= 15 is 0 Å². The van der Waals surface area contributed by atoms with Crippen molar-refractivity contribution in [2.24, 2.45) is 0 Å². The lowest BCUT2D eigenvalue weighted by molar-refractivity contribution is 1.27. The van der Waals surface area contributed by atoms with E-state index in [1.54, 1.807) is 0 Å². The van der Waals surface area contributed by atoms with Gasteiger partial charge in [-0.2, -0.15) is 0 Å². The van der Waals surface area contributed by atoms with Crippen molar-refractivity contribution in [2.45, 2.75) is 20.8 Å². The molecule has 0 aliphatic carbocycles. The fraction of sp³-hybridized carbons (Fsp3) is 0.273. The van der Waals surface area contributed by atoms with E-state index in [2.05, 4.69) is 45.6 Å². The van der Waals surface area contributed by atoms with Crippen molar-refractivity contribution in [3.63, 3.8) is 0 Å². The highest BCUT2D eigenvalue weighted by Crippen LogP contribution is 2.14. The Bertz CT molecular complexity index is 282. The van der Waals surface area contributed by atoms with E-state index in [0.29, 0.717) is 0 Å². The fourth-order valence-corrected chi connectivity index (χ4v) is 1.15. The maximum Gasteiger partial charge on any atom is -0.0152 e. The molecule has 1 radical (unpaired) electrons. The van der Waals surface area contributed by atoms with E-state index in [-0.39, 0.29) is 0 Å². The second-order valence-electron chi connectivity index (χ2n) is 2.93. The molecule has 0 aliphatic heterocycles. The van der Waals surface area contributed by atoms with Gasteiger partial charge >= 0.3 is 0 Å². The maximum absolute atomic E-state index is 3.64. The summed E-state index contributed by atoms with van der Waals surface area (Å²) in [5.41, 5.74) is 5.01. The van der Waals surface area contributed by atoms with Crippen LogP contribution in [0.3, 0.4) is 0 Å². The molecule has 1 aromatic carbocycles. The third-order valence-corrected chi connectivity index (χ3v) is 2.03. The largest absolute Gasteiger partial charge is 0.0905 e. The van der Waals surface area contributed by atoms with Gasteiger partial charge in [0.2, 0.25) is 0 Å². The van der Waals surface area contributed by atoms with Crippen molar-refractivity contribution in [3.8, 4) is 0 Å². The molecule has 0 spiro atoms. The summed E-state index contributed by atoms with van der Waals surface area (Å²) in [7, 11) is 0. The zero-order valence-electron chi connectivity index (χ0n) is 7.36. The Kier molecular flexibility index (Phi) is 2.13. The molecule has 1 aromatic rings. The summed E-state index contributed by atoms with van der Waals surface area (Å²) in [6.07, 6.45) is 2.91. The molecular weight excluding hydrogens is 132 g/mol. The predicted octanol–water partition coefficient (Wildman–Crippen LogP) is 2.95. The van der Waals surface area contributed by atoms with Crippen LogP contribution in [0, 0.1) is 26.8 Å². The monoisotopic (exact) mass is 145 g/mol. The molecule has 11 heavy (non-hydrogen) atoms. The van der Waals surface area contributed by atoms with E-state index in [0.717, 1.165) is 5.56 Å². The van der Waals surface area contributed by atoms with Gasteiger partial charge in [-0.1, -0.05) is 18.7 Å². The SMILES string of the molecule is C=[C]c1cc(C)c(C)cc1C. The smallest absolute Gasteiger partial charge is 0.0152 e. The van der Waals surface area contributed by atoms with E-state index in [1.807, 2.05) is 0 Å². The Balaban J connectivity index is 3.31. The summed E-state index contributed by atoms with van der Waals surface area (Å²) in [5, 5.41) is 0. The van der Waals surface area contributed by atoms with Crippen LogP contribution in [0.15, 0.2) is 18.7 Å². The van der Waals surface area contributed by atoms with Gasteiger partial charge in [0.15, 0.2) is 0 Å². The Morgan fingerprint density at radius 1 is 1.00 bits per heavy atom. The van der Waals surface area contributed by atoms with E-state index in [9.17, 15) is 0 Å². The summed E-state index contributed by atoms with van der Waals surface area (Å²) in [5.74, 6) is 0. The van der Waals surface area contributed by atoms with Gasteiger partial charge < -0.3 is 0 Å². The highest BCUT2D eigenvalue weighted by molar-refractivity contribution is 5.39. The minimum Gasteiger partial charge on any atom is -0.0905 e. The molecule has 0 amide bonds. The number of hydrogen-bond acceptors (Lipinski definition) is 0. The summed E-state index contributed by atoms with van der Waals surface area (Å²) in [4.78, 5) is 0. The van der Waals surface area contributed by atoms with Crippen molar-refractivity contribution < 1.29 is 0 Å². The highest BCUT2D eigenvalue weighted by Gasteiger charge is 1.97. The molecule has 0 fully saturated rings. The van der Waals surface area contributed by atoms with Gasteiger partial charge in [-0.3, -0.25) is 0 Å². The summed E-state index contributed by atoms with van der Waals surface area (Å²) < 4.78 is 0. The average molecular weight is 145 g/mol. The van der Waals surface area contributed by atoms with Gasteiger partial charge in [-0.05, 0) is 49.1 Å². The Hall–Kier alpha value is -1.04. The number of rotatable bonds is 1. The van der Waals surface area contributed by atoms with Crippen molar-refractivity contribution in [2.75, 3.05) is 0 Å². The zero-order valence-corrected chi connectivity index (χ0v) is 7.36. The molecule has 57 valence electrons. The molecule has 0 saturated heterocycles. The van der Waals surface area contributed by atoms with Gasteiger partial charge in [0, 0.05) is 0 Å². The summed E-state index contributed by atoms with van der Waals surface area (Å²) in [6, 6.07) is 4.29. The van der Waals surface area contributed by atoms with E-state index in [1.165, 1.54) is 16.7 Å². The first kappa shape index (κ1) is 8.06. The third kappa shape index (κ3) is 1.51. The van der Waals surface area contributed by atoms with Crippen LogP contribution in [0.4, 0.5) is 0 Å². The van der Waals surface area contributed by atoms with Crippen molar-refractivity contribution >= 4 is 0 Å². The Labute approximate surface area is 68.6 Å². The van der Waals surface area contributed by atoms with Crippen molar-refractivity contribution in [1.82, 2.24) is 0 Å². The van der Waals surface area contributed by atoms with Crippen LogP contribution in [0.2, 0.25) is 0 Å². The number of aryl methyl sites for hydroxylation is 3. The lowest BCUT2D eigenvalue weighted by Crippen LogP contribution is -1.87. The molecule has 0 aliphatic rings. The van der Waals surface area contributed by atoms with Crippen LogP contribution in [-0.2, 0) is 0 Å². The zero-order chi connectivity index (χ0) is 8.43. The predicted molar refractivity (Wildman–Crippen MR) is 48.6 cm³/mol. The van der Waals surface area contributed by atoms with Crippen LogP contribution in [0.25, 0.3) is 0 Å². The number of hydrogen-bond donors (Lipinski definition) is 0. The summed E-state index contributed by atoms with van der Waals surface area (Å²) >= 11 is 0. The average Bonchev–Trinajstić information content (AvgIpc) is 1.97. The molecule has 0 aromatic heterocycles. The lowest BCUT2D eigenvalue weighted by Gasteiger charge is -2.04. The van der Waals surface area contributed by atoms with Gasteiger partial charge in [-0.15, -0.1) is 0 Å². The first-order valence-corrected chi connectivity index (χ1v) is 3.76. The molecule has 0 saturated carbocycles. The van der Waals surface area contributed by atoms with Crippen LogP contribution in [-0.4, -0.2) is 0 Å². The lowest BCUT2D eigenvalue weighted by atomic mass is 10.0. The molecule has 0 bridgehead atoms. The molecule has 0 atom stereocenters. The number of benzene rings is 1. The molecule has 0 heterocycles. The van der Waals surface area contributed by atoms with Crippen molar-refractivity contribution in [3.05, 3.63) is 47.0 Å². The maximum atomic E-state index is 3.64. The van der Waals surface area contributed by atoms with Gasteiger partial charge in [0.25, 0.3) is 0 Å². The quantitative estimate of drug-likeness (QED) is 0.570. The first-order valence-electron chi connectivity index (χ1n) is 3.76. The fourth-order valence-electron chi connectivity index (χ4n) is 1.15. The molecule has 0 heteroatoms. The topological polar surface area (TPSA) is 0 Å². The van der Waals surface area contributed by atoms with Gasteiger partial charge in [0.1, 0.15) is 0 Å². The molecular formula is C11H13. The Morgan fingerprint density at radius 2 is 1.55 bits per heavy atom. The Morgan fingerprint density at radius 3 is 2.09 bits per heavy atom. The van der Waals surface area contributed by atoms with Crippen molar-refractivity contribution in [1.29, 1.82) is 0 Å². The molecule has 0 nitrogen and oxygen atoms in total. The minimum absolute atomic E-state index is 1.12. The van der Waals surface area contributed by atoms with E-state index in [4.69, 9.17) is 0 Å². The summed E-state index contributed by atoms with van der Waals surface area (Å²) in [6.45, 7) is 9.95. The first-order chi connectivity index (χ1) is 5.15. The highest BCUT2D eigenvalue weighted by atomic mass is 14.0. The van der Waals surface area contributed by atoms with Crippen LogP contribution < -0.4 is 0 Å². The minimum atomic E-state index is 1.12.